The summed E-state index contributed by atoms with van der Waals surface area (Å²) in [5.41, 5.74) is 1.47. The molecule has 1 heterocycles. The molecule has 0 saturated carbocycles. The van der Waals surface area contributed by atoms with Crippen molar-refractivity contribution < 1.29 is 4.79 Å². The van der Waals surface area contributed by atoms with E-state index in [0.29, 0.717) is 22.6 Å². The van der Waals surface area contributed by atoms with Crippen molar-refractivity contribution in [3.63, 3.8) is 0 Å². The van der Waals surface area contributed by atoms with Gasteiger partial charge in [-0.1, -0.05) is 54.2 Å². The number of carbonyl (C=O) groups excluding carboxylic acids is 1. The number of para-hydroxylation sites is 1. The summed E-state index contributed by atoms with van der Waals surface area (Å²) < 4.78 is 1.64. The maximum absolute atomic E-state index is 13.2. The van der Waals surface area contributed by atoms with Crippen molar-refractivity contribution in [3.8, 4) is 6.07 Å². The van der Waals surface area contributed by atoms with E-state index in [1.54, 1.807) is 16.7 Å². The zero-order valence-corrected chi connectivity index (χ0v) is 16.3. The van der Waals surface area contributed by atoms with Gasteiger partial charge in [0.15, 0.2) is 5.16 Å². The molecule has 142 valence electrons. The Morgan fingerprint density at radius 3 is 2.68 bits per heavy atom. The SMILES string of the molecule is C[C@@H](c1ccccc1)n1c(SCC(=O)NCCC#N)nc2ccccc2c1=O. The Balaban J connectivity index is 1.97. The average molecular weight is 392 g/mol. The van der Waals surface area contributed by atoms with Crippen LogP contribution in [-0.2, 0) is 4.79 Å². The fourth-order valence-electron chi connectivity index (χ4n) is 2.89. The third-order valence-electron chi connectivity index (χ3n) is 4.34. The van der Waals surface area contributed by atoms with Crippen LogP contribution in [0.25, 0.3) is 10.9 Å². The molecule has 0 spiro atoms. The molecule has 0 bridgehead atoms. The number of hydrogen-bond donors (Lipinski definition) is 1. The largest absolute Gasteiger partial charge is 0.354 e. The second kappa shape index (κ2) is 9.20. The monoisotopic (exact) mass is 392 g/mol. The van der Waals surface area contributed by atoms with Crippen LogP contribution in [0.3, 0.4) is 0 Å². The Morgan fingerprint density at radius 2 is 1.93 bits per heavy atom. The summed E-state index contributed by atoms with van der Waals surface area (Å²) in [6.07, 6.45) is 0.264. The van der Waals surface area contributed by atoms with Crippen LogP contribution in [0.2, 0.25) is 0 Å². The Morgan fingerprint density at radius 1 is 1.21 bits per heavy atom. The highest BCUT2D eigenvalue weighted by molar-refractivity contribution is 7.99. The molecule has 0 aliphatic rings. The molecule has 0 aliphatic heterocycles. The van der Waals surface area contributed by atoms with Gasteiger partial charge in [0.2, 0.25) is 5.91 Å². The Kier molecular flexibility index (Phi) is 6.45. The molecule has 0 unspecified atom stereocenters. The molecule has 28 heavy (non-hydrogen) atoms. The number of nitrogens with zero attached hydrogens (tertiary/aromatic N) is 3. The van der Waals surface area contributed by atoms with Gasteiger partial charge in [-0.15, -0.1) is 0 Å². The Bertz CT molecular complexity index is 1070. The molecular weight excluding hydrogens is 372 g/mol. The first kappa shape index (κ1) is 19.6. The minimum absolute atomic E-state index is 0.123. The molecule has 1 aromatic heterocycles. The summed E-state index contributed by atoms with van der Waals surface area (Å²) in [5, 5.41) is 12.3. The van der Waals surface area contributed by atoms with E-state index in [9.17, 15) is 9.59 Å². The number of aromatic nitrogens is 2. The van der Waals surface area contributed by atoms with E-state index in [4.69, 9.17) is 5.26 Å². The van der Waals surface area contributed by atoms with E-state index in [1.165, 1.54) is 11.8 Å². The standard InChI is InChI=1S/C21H20N4O2S/c1-15(16-8-3-2-4-9-16)25-20(27)17-10-5-6-11-18(17)24-21(25)28-14-19(26)23-13-7-12-22/h2-6,8-11,15H,7,13-14H2,1H3,(H,23,26)/t15-/m0/s1. The number of carbonyl (C=O) groups is 1. The van der Waals surface area contributed by atoms with Gasteiger partial charge in [-0.3, -0.25) is 14.2 Å². The van der Waals surface area contributed by atoms with Gasteiger partial charge in [0, 0.05) is 6.54 Å². The van der Waals surface area contributed by atoms with E-state index in [2.05, 4.69) is 10.3 Å². The molecule has 2 aromatic carbocycles. The minimum Gasteiger partial charge on any atom is -0.354 e. The van der Waals surface area contributed by atoms with Crippen LogP contribution in [0.5, 0.6) is 0 Å². The van der Waals surface area contributed by atoms with Crippen molar-refractivity contribution in [1.29, 1.82) is 5.26 Å². The first-order valence-corrected chi connectivity index (χ1v) is 9.93. The van der Waals surface area contributed by atoms with Gasteiger partial charge in [0.25, 0.3) is 5.56 Å². The van der Waals surface area contributed by atoms with E-state index in [-0.39, 0.29) is 29.7 Å². The second-order valence-electron chi connectivity index (χ2n) is 6.22. The summed E-state index contributed by atoms with van der Waals surface area (Å²) in [4.78, 5) is 29.9. The number of fused-ring (bicyclic) bond motifs is 1. The molecule has 3 aromatic rings. The number of thioether (sulfide) groups is 1. The summed E-state index contributed by atoms with van der Waals surface area (Å²) >= 11 is 1.22. The third-order valence-corrected chi connectivity index (χ3v) is 5.29. The van der Waals surface area contributed by atoms with Crippen LogP contribution in [0, 0.1) is 11.3 Å². The first-order valence-electron chi connectivity index (χ1n) is 8.94. The molecule has 0 radical (unpaired) electrons. The van der Waals surface area contributed by atoms with Crippen molar-refractivity contribution in [2.45, 2.75) is 24.5 Å². The Hall–Kier alpha value is -3.11. The fraction of sp³-hybridized carbons (Fsp3) is 0.238. The van der Waals surface area contributed by atoms with Gasteiger partial charge in [-0.05, 0) is 24.6 Å². The fourth-order valence-corrected chi connectivity index (χ4v) is 3.79. The summed E-state index contributed by atoms with van der Waals surface area (Å²) in [7, 11) is 0. The molecular formula is C21H20N4O2S. The lowest BCUT2D eigenvalue weighted by Gasteiger charge is -2.20. The van der Waals surface area contributed by atoms with Crippen LogP contribution in [0.4, 0.5) is 0 Å². The minimum atomic E-state index is -0.227. The number of rotatable bonds is 7. The van der Waals surface area contributed by atoms with Gasteiger partial charge in [0.1, 0.15) is 0 Å². The number of nitriles is 1. The van der Waals surface area contributed by atoms with Gasteiger partial charge in [-0.25, -0.2) is 4.98 Å². The maximum Gasteiger partial charge on any atom is 0.262 e. The van der Waals surface area contributed by atoms with Gasteiger partial charge < -0.3 is 5.32 Å². The topological polar surface area (TPSA) is 87.8 Å². The molecule has 3 rings (SSSR count). The lowest BCUT2D eigenvalue weighted by atomic mass is 10.1. The lowest BCUT2D eigenvalue weighted by molar-refractivity contribution is -0.118. The first-order chi connectivity index (χ1) is 13.6. The molecule has 0 saturated heterocycles. The van der Waals surface area contributed by atoms with E-state index < -0.39 is 0 Å². The maximum atomic E-state index is 13.2. The van der Waals surface area contributed by atoms with Crippen molar-refractivity contribution >= 4 is 28.6 Å². The number of hydrogen-bond acceptors (Lipinski definition) is 5. The predicted molar refractivity (Wildman–Crippen MR) is 110 cm³/mol. The summed E-state index contributed by atoms with van der Waals surface area (Å²) in [6.45, 7) is 2.26. The third kappa shape index (κ3) is 4.41. The molecule has 1 atom stereocenters. The van der Waals surface area contributed by atoms with Crippen molar-refractivity contribution in [1.82, 2.24) is 14.9 Å². The highest BCUT2D eigenvalue weighted by atomic mass is 32.2. The smallest absolute Gasteiger partial charge is 0.262 e. The number of benzene rings is 2. The average Bonchev–Trinajstić information content (AvgIpc) is 2.73. The van der Waals surface area contributed by atoms with E-state index in [1.807, 2.05) is 55.5 Å². The second-order valence-corrected chi connectivity index (χ2v) is 7.16. The van der Waals surface area contributed by atoms with Crippen LogP contribution in [-0.4, -0.2) is 27.8 Å². The van der Waals surface area contributed by atoms with E-state index in [0.717, 1.165) is 5.56 Å². The zero-order valence-electron chi connectivity index (χ0n) is 15.5. The van der Waals surface area contributed by atoms with Crippen molar-refractivity contribution in [2.24, 2.45) is 0 Å². The van der Waals surface area contributed by atoms with Crippen LogP contribution in [0.1, 0.15) is 24.9 Å². The normalized spacial score (nSPS) is 11.7. The lowest BCUT2D eigenvalue weighted by Crippen LogP contribution is -2.29. The number of amides is 1. The zero-order chi connectivity index (χ0) is 19.9. The predicted octanol–water partition coefficient (Wildman–Crippen LogP) is 3.13. The number of nitrogens with one attached hydrogen (secondary N) is 1. The molecule has 1 amide bonds. The molecule has 0 aliphatic carbocycles. The molecule has 1 N–H and O–H groups in total. The van der Waals surface area contributed by atoms with Crippen LogP contribution < -0.4 is 10.9 Å². The van der Waals surface area contributed by atoms with Crippen molar-refractivity contribution in [3.05, 3.63) is 70.5 Å². The van der Waals surface area contributed by atoms with E-state index >= 15 is 0 Å². The van der Waals surface area contributed by atoms with Crippen LogP contribution >= 0.6 is 11.8 Å². The molecule has 0 fully saturated rings. The quantitative estimate of drug-likeness (QED) is 0.379. The van der Waals surface area contributed by atoms with Gasteiger partial charge >= 0.3 is 0 Å². The highest BCUT2D eigenvalue weighted by Gasteiger charge is 2.18. The van der Waals surface area contributed by atoms with Gasteiger partial charge in [0.05, 0.1) is 35.2 Å². The Labute approximate surface area is 167 Å². The highest BCUT2D eigenvalue weighted by Crippen LogP contribution is 2.24. The molecule has 6 nitrogen and oxygen atoms in total. The van der Waals surface area contributed by atoms with Crippen LogP contribution in [0.15, 0.2) is 64.5 Å². The molecule has 7 heteroatoms. The summed E-state index contributed by atoms with van der Waals surface area (Å²) in [6, 6.07) is 18.7. The summed E-state index contributed by atoms with van der Waals surface area (Å²) in [5.74, 6) is -0.0703. The van der Waals surface area contributed by atoms with Gasteiger partial charge in [-0.2, -0.15) is 5.26 Å². The van der Waals surface area contributed by atoms with Crippen molar-refractivity contribution in [2.75, 3.05) is 12.3 Å².